The summed E-state index contributed by atoms with van der Waals surface area (Å²) in [4.78, 5) is 4.72. The van der Waals surface area contributed by atoms with Crippen LogP contribution >= 0.6 is 27.5 Å². The number of piperidine rings is 1. The van der Waals surface area contributed by atoms with Gasteiger partial charge in [-0.2, -0.15) is 9.61 Å². The molecule has 1 fully saturated rings. The highest BCUT2D eigenvalue weighted by molar-refractivity contribution is 9.10. The maximum Gasteiger partial charge on any atom is 0.213 e. The number of benzene rings is 1. The van der Waals surface area contributed by atoms with Gasteiger partial charge in [0.1, 0.15) is 5.82 Å². The van der Waals surface area contributed by atoms with Gasteiger partial charge < -0.3 is 5.32 Å². The van der Waals surface area contributed by atoms with Crippen LogP contribution in [0.1, 0.15) is 19.8 Å². The largest absolute Gasteiger partial charge is 0.370 e. The van der Waals surface area contributed by atoms with E-state index in [-0.39, 0.29) is 5.75 Å². The van der Waals surface area contributed by atoms with Crippen LogP contribution in [0.3, 0.4) is 0 Å². The molecule has 2 aromatic heterocycles. The number of aromatic nitrogens is 3. The number of fused-ring (bicyclic) bond motifs is 1. The molecule has 0 unspecified atom stereocenters. The second-order valence-electron chi connectivity index (χ2n) is 7.36. The summed E-state index contributed by atoms with van der Waals surface area (Å²) in [6, 6.07) is 9.57. The molecule has 0 radical (unpaired) electrons. The maximum atomic E-state index is 12.1. The molecular weight excluding hydrogens is 490 g/mol. The lowest BCUT2D eigenvalue weighted by atomic mass is 9.98. The first-order chi connectivity index (χ1) is 14.4. The molecule has 30 heavy (non-hydrogen) atoms. The first-order valence-electron chi connectivity index (χ1n) is 9.90. The standard InChI is InChI=1S/C20H23BrClN5O2S/c1-2-30(28,29)26-9-7-14(8-10-26)12-23-19-11-18(15-5-3-4-6-17(15)22)25-20-16(21)13-24-27(19)20/h3-6,11,13-14,23H,2,7-10,12H2,1H3. The number of nitrogens with zero attached hydrogens (tertiary/aromatic N) is 4. The van der Waals surface area contributed by atoms with E-state index in [9.17, 15) is 8.42 Å². The predicted molar refractivity (Wildman–Crippen MR) is 123 cm³/mol. The van der Waals surface area contributed by atoms with Gasteiger partial charge in [0.25, 0.3) is 0 Å². The lowest BCUT2D eigenvalue weighted by Gasteiger charge is -2.31. The lowest BCUT2D eigenvalue weighted by molar-refractivity contribution is 0.282. The second-order valence-corrected chi connectivity index (χ2v) is 10.9. The quantitative estimate of drug-likeness (QED) is 0.533. The highest BCUT2D eigenvalue weighted by atomic mass is 79.9. The van der Waals surface area contributed by atoms with Crippen molar-refractivity contribution < 1.29 is 8.42 Å². The molecule has 0 aliphatic carbocycles. The van der Waals surface area contributed by atoms with Crippen molar-refractivity contribution in [1.82, 2.24) is 18.9 Å². The van der Waals surface area contributed by atoms with E-state index in [2.05, 4.69) is 26.3 Å². The SMILES string of the molecule is CCS(=O)(=O)N1CCC(CNc2cc(-c3ccccc3Cl)nc3c(Br)cnn23)CC1. The van der Waals surface area contributed by atoms with E-state index in [1.165, 1.54) is 0 Å². The summed E-state index contributed by atoms with van der Waals surface area (Å²) in [6.07, 6.45) is 3.39. The van der Waals surface area contributed by atoms with Crippen molar-refractivity contribution in [2.24, 2.45) is 5.92 Å². The van der Waals surface area contributed by atoms with E-state index in [1.54, 1.807) is 21.9 Å². The fourth-order valence-electron chi connectivity index (χ4n) is 3.69. The number of rotatable bonds is 6. The third kappa shape index (κ3) is 4.34. The lowest BCUT2D eigenvalue weighted by Crippen LogP contribution is -2.40. The molecule has 4 rings (SSSR count). The maximum absolute atomic E-state index is 12.1. The average molecular weight is 513 g/mol. The minimum Gasteiger partial charge on any atom is -0.370 e. The Bertz CT molecular complexity index is 1160. The Labute approximate surface area is 189 Å². The van der Waals surface area contributed by atoms with Gasteiger partial charge in [0.2, 0.25) is 10.0 Å². The number of halogens is 2. The van der Waals surface area contributed by atoms with Crippen LogP contribution in [0.25, 0.3) is 16.9 Å². The number of hydrogen-bond acceptors (Lipinski definition) is 5. The molecule has 1 aromatic carbocycles. The van der Waals surface area contributed by atoms with Gasteiger partial charge in [0.05, 0.1) is 22.1 Å². The number of nitrogens with one attached hydrogen (secondary N) is 1. The molecule has 1 aliphatic heterocycles. The van der Waals surface area contributed by atoms with Crippen molar-refractivity contribution in [2.75, 3.05) is 30.7 Å². The van der Waals surface area contributed by atoms with Crippen LogP contribution in [0.15, 0.2) is 41.0 Å². The van der Waals surface area contributed by atoms with E-state index >= 15 is 0 Å². The summed E-state index contributed by atoms with van der Waals surface area (Å²) in [5.41, 5.74) is 2.33. The molecule has 160 valence electrons. The van der Waals surface area contributed by atoms with Crippen LogP contribution in [0, 0.1) is 5.92 Å². The Kier molecular flexibility index (Phi) is 6.34. The Hall–Kier alpha value is -1.68. The van der Waals surface area contributed by atoms with Gasteiger partial charge in [-0.3, -0.25) is 0 Å². The van der Waals surface area contributed by atoms with Gasteiger partial charge in [-0.1, -0.05) is 29.8 Å². The Morgan fingerprint density at radius 3 is 2.70 bits per heavy atom. The van der Waals surface area contributed by atoms with Gasteiger partial charge in [0.15, 0.2) is 5.65 Å². The van der Waals surface area contributed by atoms with Crippen LogP contribution in [0.2, 0.25) is 5.02 Å². The summed E-state index contributed by atoms with van der Waals surface area (Å²) in [7, 11) is -3.11. The Morgan fingerprint density at radius 1 is 1.27 bits per heavy atom. The van der Waals surface area contributed by atoms with Gasteiger partial charge >= 0.3 is 0 Å². The second kappa shape index (κ2) is 8.82. The van der Waals surface area contributed by atoms with Crippen LogP contribution in [0.4, 0.5) is 5.82 Å². The highest BCUT2D eigenvalue weighted by Gasteiger charge is 2.26. The first kappa shape index (κ1) is 21.5. The van der Waals surface area contributed by atoms with Crippen LogP contribution in [-0.4, -0.2) is 52.7 Å². The van der Waals surface area contributed by atoms with E-state index in [4.69, 9.17) is 16.6 Å². The van der Waals surface area contributed by atoms with Crippen LogP contribution < -0.4 is 5.32 Å². The molecule has 0 spiro atoms. The summed E-state index contributed by atoms with van der Waals surface area (Å²) >= 11 is 9.91. The summed E-state index contributed by atoms with van der Waals surface area (Å²) in [6.45, 7) is 3.58. The Morgan fingerprint density at radius 2 is 2.00 bits per heavy atom. The van der Waals surface area contributed by atoms with Crippen molar-refractivity contribution in [1.29, 1.82) is 0 Å². The van der Waals surface area contributed by atoms with Crippen molar-refractivity contribution in [2.45, 2.75) is 19.8 Å². The van der Waals surface area contributed by atoms with Crippen LogP contribution in [-0.2, 0) is 10.0 Å². The topological polar surface area (TPSA) is 79.6 Å². The van der Waals surface area contributed by atoms with Gasteiger partial charge in [-0.25, -0.2) is 17.7 Å². The number of sulfonamides is 1. The normalized spacial score (nSPS) is 16.2. The molecule has 1 saturated heterocycles. The third-order valence-corrected chi connectivity index (χ3v) is 8.25. The van der Waals surface area contributed by atoms with Crippen molar-refractivity contribution in [3.63, 3.8) is 0 Å². The molecule has 1 aliphatic rings. The van der Waals surface area contributed by atoms with Gasteiger partial charge in [-0.05, 0) is 47.7 Å². The molecule has 3 heterocycles. The summed E-state index contributed by atoms with van der Waals surface area (Å²) in [5, 5.41) is 8.55. The fourth-order valence-corrected chi connectivity index (χ4v) is 5.41. The van der Waals surface area contributed by atoms with Crippen LogP contribution in [0.5, 0.6) is 0 Å². The molecule has 0 amide bonds. The molecule has 0 atom stereocenters. The van der Waals surface area contributed by atoms with Crippen molar-refractivity contribution >= 4 is 49.0 Å². The van der Waals surface area contributed by atoms with E-state index < -0.39 is 10.0 Å². The summed E-state index contributed by atoms with van der Waals surface area (Å²) in [5.74, 6) is 1.37. The molecule has 0 saturated carbocycles. The minimum atomic E-state index is -3.11. The van der Waals surface area contributed by atoms with E-state index in [1.807, 2.05) is 30.3 Å². The monoisotopic (exact) mass is 511 g/mol. The molecule has 10 heteroatoms. The zero-order valence-corrected chi connectivity index (χ0v) is 19.7. The van der Waals surface area contributed by atoms with Crippen molar-refractivity contribution in [3.8, 4) is 11.3 Å². The smallest absolute Gasteiger partial charge is 0.213 e. The van der Waals surface area contributed by atoms with Gasteiger partial charge in [-0.15, -0.1) is 0 Å². The molecule has 0 bridgehead atoms. The van der Waals surface area contributed by atoms with E-state index in [0.717, 1.165) is 40.9 Å². The molecule has 3 aromatic rings. The molecule has 7 nitrogen and oxygen atoms in total. The number of hydrogen-bond donors (Lipinski definition) is 1. The zero-order valence-electron chi connectivity index (χ0n) is 16.6. The summed E-state index contributed by atoms with van der Waals surface area (Å²) < 4.78 is 28.3. The van der Waals surface area contributed by atoms with Crippen molar-refractivity contribution in [3.05, 3.63) is 46.0 Å². The van der Waals surface area contributed by atoms with E-state index in [0.29, 0.717) is 29.7 Å². The number of anilines is 1. The minimum absolute atomic E-state index is 0.157. The first-order valence-corrected chi connectivity index (χ1v) is 12.7. The van der Waals surface area contributed by atoms with Gasteiger partial charge in [0, 0.05) is 36.3 Å². The molecular formula is C20H23BrClN5O2S. The highest BCUT2D eigenvalue weighted by Crippen LogP contribution is 2.30. The zero-order chi connectivity index (χ0) is 21.3. The molecule has 1 N–H and O–H groups in total. The predicted octanol–water partition coefficient (Wildman–Crippen LogP) is 4.29. The Balaban J connectivity index is 1.54. The third-order valence-electron chi connectivity index (χ3n) is 5.48. The fraction of sp³-hybridized carbons (Fsp3) is 0.400. The average Bonchev–Trinajstić information content (AvgIpc) is 3.13.